The summed E-state index contributed by atoms with van der Waals surface area (Å²) in [6.45, 7) is 6.34. The summed E-state index contributed by atoms with van der Waals surface area (Å²) in [5.41, 5.74) is 6.17. The Balaban J connectivity index is 2.23. The molecule has 0 unspecified atom stereocenters. The third kappa shape index (κ3) is 2.43. The van der Waals surface area contributed by atoms with Crippen LogP contribution in [0.3, 0.4) is 0 Å². The second-order valence-electron chi connectivity index (χ2n) is 4.31. The maximum atomic E-state index is 3.43. The fourth-order valence-corrected chi connectivity index (χ4v) is 1.75. The van der Waals surface area contributed by atoms with E-state index < -0.39 is 0 Å². The Labute approximate surface area is 97.1 Å². The Bertz CT molecular complexity index is 483. The van der Waals surface area contributed by atoms with Crippen LogP contribution in [0.5, 0.6) is 0 Å². The lowest BCUT2D eigenvalue weighted by Crippen LogP contribution is -1.93. The second kappa shape index (κ2) is 4.40. The molecule has 82 valence electrons. The molecular formula is C15H17N. The summed E-state index contributed by atoms with van der Waals surface area (Å²) in [4.78, 5) is 0. The van der Waals surface area contributed by atoms with E-state index in [-0.39, 0.29) is 0 Å². The highest BCUT2D eigenvalue weighted by atomic mass is 14.9. The molecule has 2 aromatic rings. The topological polar surface area (TPSA) is 12.0 Å². The Morgan fingerprint density at radius 3 is 2.00 bits per heavy atom. The van der Waals surface area contributed by atoms with Gasteiger partial charge in [-0.15, -0.1) is 0 Å². The van der Waals surface area contributed by atoms with Crippen molar-refractivity contribution in [1.29, 1.82) is 0 Å². The van der Waals surface area contributed by atoms with E-state index in [1.165, 1.54) is 22.4 Å². The van der Waals surface area contributed by atoms with E-state index >= 15 is 0 Å². The van der Waals surface area contributed by atoms with E-state index in [1.54, 1.807) is 0 Å². The van der Waals surface area contributed by atoms with Crippen LogP contribution in [0, 0.1) is 20.8 Å². The molecular weight excluding hydrogens is 194 g/mol. The SMILES string of the molecule is Cc1ccc(Nc2ccc(C)cc2C)cc1. The van der Waals surface area contributed by atoms with Gasteiger partial charge in [0.25, 0.3) is 0 Å². The van der Waals surface area contributed by atoms with Gasteiger partial charge in [0.05, 0.1) is 0 Å². The van der Waals surface area contributed by atoms with Gasteiger partial charge in [-0.1, -0.05) is 35.4 Å². The van der Waals surface area contributed by atoms with Crippen molar-refractivity contribution in [3.05, 3.63) is 59.2 Å². The quantitative estimate of drug-likeness (QED) is 0.778. The van der Waals surface area contributed by atoms with Crippen molar-refractivity contribution in [3.63, 3.8) is 0 Å². The van der Waals surface area contributed by atoms with Gasteiger partial charge in [-0.05, 0) is 44.5 Å². The molecule has 0 bridgehead atoms. The van der Waals surface area contributed by atoms with Crippen LogP contribution in [0.4, 0.5) is 11.4 Å². The highest BCUT2D eigenvalue weighted by Gasteiger charge is 1.98. The lowest BCUT2D eigenvalue weighted by atomic mass is 10.1. The molecule has 16 heavy (non-hydrogen) atoms. The zero-order valence-corrected chi connectivity index (χ0v) is 10.0. The first-order valence-corrected chi connectivity index (χ1v) is 5.56. The minimum atomic E-state index is 1.14. The molecule has 0 aliphatic rings. The first kappa shape index (κ1) is 10.7. The summed E-state index contributed by atoms with van der Waals surface area (Å²) in [5, 5.41) is 3.43. The van der Waals surface area contributed by atoms with E-state index in [0.717, 1.165) is 5.69 Å². The largest absolute Gasteiger partial charge is 0.355 e. The molecule has 0 aromatic heterocycles. The van der Waals surface area contributed by atoms with Crippen LogP contribution in [0.1, 0.15) is 16.7 Å². The third-order valence-corrected chi connectivity index (χ3v) is 2.71. The number of rotatable bonds is 2. The van der Waals surface area contributed by atoms with Crippen molar-refractivity contribution in [2.24, 2.45) is 0 Å². The van der Waals surface area contributed by atoms with Crippen molar-refractivity contribution in [2.45, 2.75) is 20.8 Å². The molecule has 1 N–H and O–H groups in total. The predicted octanol–water partition coefficient (Wildman–Crippen LogP) is 4.36. The number of nitrogens with one attached hydrogen (secondary N) is 1. The van der Waals surface area contributed by atoms with Crippen LogP contribution in [-0.2, 0) is 0 Å². The van der Waals surface area contributed by atoms with E-state index in [4.69, 9.17) is 0 Å². The number of hydrogen-bond acceptors (Lipinski definition) is 1. The van der Waals surface area contributed by atoms with Gasteiger partial charge in [-0.3, -0.25) is 0 Å². The normalized spacial score (nSPS) is 10.2. The molecule has 0 atom stereocenters. The molecule has 0 saturated carbocycles. The second-order valence-corrected chi connectivity index (χ2v) is 4.31. The zero-order chi connectivity index (χ0) is 11.5. The maximum absolute atomic E-state index is 3.43. The first-order valence-electron chi connectivity index (χ1n) is 5.56. The van der Waals surface area contributed by atoms with Crippen LogP contribution in [0.15, 0.2) is 42.5 Å². The Kier molecular flexibility index (Phi) is 2.95. The Morgan fingerprint density at radius 1 is 0.750 bits per heavy atom. The number of benzene rings is 2. The van der Waals surface area contributed by atoms with Crippen molar-refractivity contribution in [3.8, 4) is 0 Å². The average molecular weight is 211 g/mol. The molecule has 0 aliphatic carbocycles. The standard InChI is InChI=1S/C15H17N/c1-11-4-7-14(8-5-11)16-15-9-6-12(2)10-13(15)3/h4-10,16H,1-3H3. The summed E-state index contributed by atoms with van der Waals surface area (Å²) in [6.07, 6.45) is 0. The minimum Gasteiger partial charge on any atom is -0.355 e. The predicted molar refractivity (Wildman–Crippen MR) is 70.4 cm³/mol. The smallest absolute Gasteiger partial charge is 0.0414 e. The van der Waals surface area contributed by atoms with Gasteiger partial charge in [-0.25, -0.2) is 0 Å². The van der Waals surface area contributed by atoms with Gasteiger partial charge in [0, 0.05) is 11.4 Å². The van der Waals surface area contributed by atoms with E-state index in [1.807, 2.05) is 0 Å². The summed E-state index contributed by atoms with van der Waals surface area (Å²) >= 11 is 0. The molecule has 0 spiro atoms. The Hall–Kier alpha value is -1.76. The van der Waals surface area contributed by atoms with E-state index in [9.17, 15) is 0 Å². The lowest BCUT2D eigenvalue weighted by Gasteiger charge is -2.10. The summed E-state index contributed by atoms with van der Waals surface area (Å²) in [5.74, 6) is 0. The molecule has 2 aromatic carbocycles. The fraction of sp³-hybridized carbons (Fsp3) is 0.200. The van der Waals surface area contributed by atoms with Crippen LogP contribution in [-0.4, -0.2) is 0 Å². The fourth-order valence-electron chi connectivity index (χ4n) is 1.75. The summed E-state index contributed by atoms with van der Waals surface area (Å²) in [7, 11) is 0. The highest BCUT2D eigenvalue weighted by molar-refractivity contribution is 5.63. The van der Waals surface area contributed by atoms with E-state index in [0.29, 0.717) is 0 Å². The van der Waals surface area contributed by atoms with Gasteiger partial charge in [0.2, 0.25) is 0 Å². The summed E-state index contributed by atoms with van der Waals surface area (Å²) in [6, 6.07) is 14.9. The van der Waals surface area contributed by atoms with Crippen molar-refractivity contribution in [2.75, 3.05) is 5.32 Å². The maximum Gasteiger partial charge on any atom is 0.0414 e. The average Bonchev–Trinajstić information content (AvgIpc) is 2.25. The highest BCUT2D eigenvalue weighted by Crippen LogP contribution is 2.21. The van der Waals surface area contributed by atoms with Crippen LogP contribution < -0.4 is 5.32 Å². The number of hydrogen-bond donors (Lipinski definition) is 1. The number of anilines is 2. The molecule has 1 heteroatoms. The van der Waals surface area contributed by atoms with Gasteiger partial charge >= 0.3 is 0 Å². The van der Waals surface area contributed by atoms with Crippen LogP contribution >= 0.6 is 0 Å². The minimum absolute atomic E-state index is 1.14. The van der Waals surface area contributed by atoms with Gasteiger partial charge in [0.15, 0.2) is 0 Å². The molecule has 1 nitrogen and oxygen atoms in total. The molecule has 0 amide bonds. The molecule has 0 saturated heterocycles. The van der Waals surface area contributed by atoms with Crippen molar-refractivity contribution >= 4 is 11.4 Å². The molecule has 0 radical (unpaired) electrons. The molecule has 0 aliphatic heterocycles. The first-order chi connectivity index (χ1) is 7.65. The van der Waals surface area contributed by atoms with E-state index in [2.05, 4.69) is 68.6 Å². The van der Waals surface area contributed by atoms with Gasteiger partial charge in [0.1, 0.15) is 0 Å². The molecule has 2 rings (SSSR count). The monoisotopic (exact) mass is 211 g/mol. The van der Waals surface area contributed by atoms with Crippen molar-refractivity contribution in [1.82, 2.24) is 0 Å². The van der Waals surface area contributed by atoms with Crippen molar-refractivity contribution < 1.29 is 0 Å². The molecule has 0 heterocycles. The summed E-state index contributed by atoms with van der Waals surface area (Å²) < 4.78 is 0. The lowest BCUT2D eigenvalue weighted by molar-refractivity contribution is 1.36. The van der Waals surface area contributed by atoms with Gasteiger partial charge < -0.3 is 5.32 Å². The zero-order valence-electron chi connectivity index (χ0n) is 10.0. The Morgan fingerprint density at radius 2 is 1.38 bits per heavy atom. The van der Waals surface area contributed by atoms with Crippen LogP contribution in [0.25, 0.3) is 0 Å². The van der Waals surface area contributed by atoms with Gasteiger partial charge in [-0.2, -0.15) is 0 Å². The number of aryl methyl sites for hydroxylation is 3. The van der Waals surface area contributed by atoms with Crippen LogP contribution in [0.2, 0.25) is 0 Å². The molecule has 0 fully saturated rings. The third-order valence-electron chi connectivity index (χ3n) is 2.71.